The van der Waals surface area contributed by atoms with Gasteiger partial charge in [0.15, 0.2) is 0 Å². The maximum absolute atomic E-state index is 10.1. The smallest absolute Gasteiger partial charge is 0.0807 e. The van der Waals surface area contributed by atoms with E-state index in [2.05, 4.69) is 22.5 Å². The SMILES string of the molecule is Cc1cc2c(n1CCCN1CCCC1)CCCC2O. The summed E-state index contributed by atoms with van der Waals surface area (Å²) < 4.78 is 2.45. The lowest BCUT2D eigenvalue weighted by molar-refractivity contribution is 0.155. The van der Waals surface area contributed by atoms with Gasteiger partial charge in [-0.3, -0.25) is 0 Å². The zero-order valence-corrected chi connectivity index (χ0v) is 12.1. The van der Waals surface area contributed by atoms with Gasteiger partial charge in [-0.1, -0.05) is 0 Å². The van der Waals surface area contributed by atoms with E-state index in [9.17, 15) is 5.11 Å². The number of nitrogens with zero attached hydrogens (tertiary/aromatic N) is 2. The van der Waals surface area contributed by atoms with Crippen molar-refractivity contribution in [1.29, 1.82) is 0 Å². The molecule has 2 heterocycles. The molecule has 1 atom stereocenters. The minimum absolute atomic E-state index is 0.220. The highest BCUT2D eigenvalue weighted by molar-refractivity contribution is 5.31. The second-order valence-corrected chi connectivity index (χ2v) is 6.15. The summed E-state index contributed by atoms with van der Waals surface area (Å²) in [5, 5.41) is 10.1. The molecule has 1 fully saturated rings. The van der Waals surface area contributed by atoms with Crippen molar-refractivity contribution in [3.63, 3.8) is 0 Å². The van der Waals surface area contributed by atoms with E-state index >= 15 is 0 Å². The molecule has 0 amide bonds. The molecule has 3 rings (SSSR count). The number of aliphatic hydroxyl groups is 1. The average molecular weight is 262 g/mol. The molecule has 1 N–H and O–H groups in total. The molecule has 1 aliphatic heterocycles. The minimum atomic E-state index is -0.220. The van der Waals surface area contributed by atoms with E-state index in [1.807, 2.05) is 0 Å². The number of rotatable bonds is 4. The summed E-state index contributed by atoms with van der Waals surface area (Å²) >= 11 is 0. The molecule has 0 bridgehead atoms. The first-order valence-corrected chi connectivity index (χ1v) is 7.85. The lowest BCUT2D eigenvalue weighted by Crippen LogP contribution is -2.22. The van der Waals surface area contributed by atoms with E-state index < -0.39 is 0 Å². The zero-order valence-electron chi connectivity index (χ0n) is 12.1. The lowest BCUT2D eigenvalue weighted by atomic mass is 9.95. The van der Waals surface area contributed by atoms with E-state index in [1.54, 1.807) is 0 Å². The van der Waals surface area contributed by atoms with Crippen molar-refractivity contribution < 1.29 is 5.11 Å². The normalized spacial score (nSPS) is 23.8. The average Bonchev–Trinajstić information content (AvgIpc) is 3.00. The third-order valence-corrected chi connectivity index (χ3v) is 4.75. The van der Waals surface area contributed by atoms with Crippen molar-refractivity contribution in [3.8, 4) is 0 Å². The Labute approximate surface area is 116 Å². The van der Waals surface area contributed by atoms with E-state index in [0.717, 1.165) is 25.8 Å². The molecule has 1 aromatic rings. The maximum atomic E-state index is 10.1. The Bertz CT molecular complexity index is 432. The Hall–Kier alpha value is -0.800. The highest BCUT2D eigenvalue weighted by atomic mass is 16.3. The van der Waals surface area contributed by atoms with E-state index in [1.165, 1.54) is 55.8 Å². The molecule has 1 saturated heterocycles. The zero-order chi connectivity index (χ0) is 13.2. The van der Waals surface area contributed by atoms with Crippen LogP contribution in [-0.2, 0) is 13.0 Å². The van der Waals surface area contributed by atoms with Gasteiger partial charge in [0.05, 0.1) is 6.10 Å². The second kappa shape index (κ2) is 5.68. The Morgan fingerprint density at radius 1 is 1.21 bits per heavy atom. The third kappa shape index (κ3) is 2.72. The van der Waals surface area contributed by atoms with Gasteiger partial charge in [-0.05, 0) is 71.1 Å². The number of hydrogen-bond donors (Lipinski definition) is 1. The summed E-state index contributed by atoms with van der Waals surface area (Å²) in [7, 11) is 0. The van der Waals surface area contributed by atoms with Gasteiger partial charge in [-0.25, -0.2) is 0 Å². The van der Waals surface area contributed by atoms with Crippen LogP contribution in [0.3, 0.4) is 0 Å². The van der Waals surface area contributed by atoms with Crippen molar-refractivity contribution >= 4 is 0 Å². The van der Waals surface area contributed by atoms with Gasteiger partial charge in [0, 0.05) is 23.5 Å². The van der Waals surface area contributed by atoms with Gasteiger partial charge >= 0.3 is 0 Å². The predicted molar refractivity (Wildman–Crippen MR) is 77.4 cm³/mol. The summed E-state index contributed by atoms with van der Waals surface area (Å²) in [6.07, 6.45) is 6.98. The summed E-state index contributed by atoms with van der Waals surface area (Å²) in [4.78, 5) is 2.58. The molecule has 0 aromatic carbocycles. The van der Waals surface area contributed by atoms with Gasteiger partial charge in [-0.15, -0.1) is 0 Å². The highest BCUT2D eigenvalue weighted by Crippen LogP contribution is 2.32. The van der Waals surface area contributed by atoms with Crippen LogP contribution in [0, 0.1) is 6.92 Å². The lowest BCUT2D eigenvalue weighted by Gasteiger charge is -2.21. The van der Waals surface area contributed by atoms with Crippen LogP contribution < -0.4 is 0 Å². The molecule has 0 radical (unpaired) electrons. The van der Waals surface area contributed by atoms with E-state index in [-0.39, 0.29) is 6.10 Å². The molecule has 1 unspecified atom stereocenters. The number of hydrogen-bond acceptors (Lipinski definition) is 2. The monoisotopic (exact) mass is 262 g/mol. The first kappa shape index (κ1) is 13.2. The standard InChI is InChI=1S/C16H26N2O/c1-13-12-14-15(6-4-7-16(14)19)18(13)11-5-10-17-8-2-3-9-17/h12,16,19H,2-11H2,1H3. The van der Waals surface area contributed by atoms with E-state index in [4.69, 9.17) is 0 Å². The topological polar surface area (TPSA) is 28.4 Å². The number of fused-ring (bicyclic) bond motifs is 1. The van der Waals surface area contributed by atoms with Crippen molar-refractivity contribution in [2.75, 3.05) is 19.6 Å². The molecule has 3 nitrogen and oxygen atoms in total. The molecule has 19 heavy (non-hydrogen) atoms. The van der Waals surface area contributed by atoms with Crippen LogP contribution in [0.15, 0.2) is 6.07 Å². The van der Waals surface area contributed by atoms with E-state index in [0.29, 0.717) is 0 Å². The van der Waals surface area contributed by atoms with Crippen LogP contribution in [0.5, 0.6) is 0 Å². The maximum Gasteiger partial charge on any atom is 0.0807 e. The van der Waals surface area contributed by atoms with Crippen LogP contribution in [0.1, 0.15) is 55.2 Å². The first-order chi connectivity index (χ1) is 9.25. The van der Waals surface area contributed by atoms with Crippen LogP contribution in [0.4, 0.5) is 0 Å². The van der Waals surface area contributed by atoms with Crippen molar-refractivity contribution in [1.82, 2.24) is 9.47 Å². The highest BCUT2D eigenvalue weighted by Gasteiger charge is 2.22. The van der Waals surface area contributed by atoms with Crippen molar-refractivity contribution in [2.24, 2.45) is 0 Å². The number of aryl methyl sites for hydroxylation is 1. The third-order valence-electron chi connectivity index (χ3n) is 4.75. The predicted octanol–water partition coefficient (Wildman–Crippen LogP) is 2.65. The summed E-state index contributed by atoms with van der Waals surface area (Å²) in [5.41, 5.74) is 3.93. The molecule has 0 saturated carbocycles. The Balaban J connectivity index is 1.63. The largest absolute Gasteiger partial charge is 0.388 e. The van der Waals surface area contributed by atoms with Gasteiger partial charge < -0.3 is 14.6 Å². The fraction of sp³-hybridized carbons (Fsp3) is 0.750. The molecular weight excluding hydrogens is 236 g/mol. The Kier molecular flexibility index (Phi) is 3.94. The van der Waals surface area contributed by atoms with Crippen molar-refractivity contribution in [2.45, 2.75) is 58.1 Å². The molecule has 2 aliphatic rings. The van der Waals surface area contributed by atoms with Crippen LogP contribution in [0.25, 0.3) is 0 Å². The Morgan fingerprint density at radius 3 is 2.79 bits per heavy atom. The van der Waals surface area contributed by atoms with Crippen LogP contribution >= 0.6 is 0 Å². The quantitative estimate of drug-likeness (QED) is 0.903. The second-order valence-electron chi connectivity index (χ2n) is 6.15. The molecule has 0 spiro atoms. The minimum Gasteiger partial charge on any atom is -0.388 e. The molecular formula is C16H26N2O. The van der Waals surface area contributed by atoms with Crippen molar-refractivity contribution in [3.05, 3.63) is 23.0 Å². The van der Waals surface area contributed by atoms with Crippen LogP contribution in [-0.4, -0.2) is 34.2 Å². The fourth-order valence-corrected chi connectivity index (χ4v) is 3.71. The van der Waals surface area contributed by atoms with Crippen LogP contribution in [0.2, 0.25) is 0 Å². The summed E-state index contributed by atoms with van der Waals surface area (Å²) in [6, 6.07) is 2.20. The molecule has 106 valence electrons. The summed E-state index contributed by atoms with van der Waals surface area (Å²) in [5.74, 6) is 0. The number of likely N-dealkylation sites (tertiary alicyclic amines) is 1. The van der Waals surface area contributed by atoms with Gasteiger partial charge in [0.2, 0.25) is 0 Å². The molecule has 1 aromatic heterocycles. The first-order valence-electron chi connectivity index (χ1n) is 7.85. The number of aromatic nitrogens is 1. The van der Waals surface area contributed by atoms with Gasteiger partial charge in [0.25, 0.3) is 0 Å². The fourth-order valence-electron chi connectivity index (χ4n) is 3.71. The molecule has 1 aliphatic carbocycles. The van der Waals surface area contributed by atoms with Gasteiger partial charge in [-0.2, -0.15) is 0 Å². The molecule has 3 heteroatoms. The number of aliphatic hydroxyl groups excluding tert-OH is 1. The summed E-state index contributed by atoms with van der Waals surface area (Å²) in [6.45, 7) is 7.11. The Morgan fingerprint density at radius 2 is 2.00 bits per heavy atom. The van der Waals surface area contributed by atoms with Gasteiger partial charge in [0.1, 0.15) is 0 Å².